The Morgan fingerprint density at radius 1 is 1.12 bits per heavy atom. The minimum Gasteiger partial charge on any atom is -0.504 e. The molecule has 0 radical (unpaired) electrons. The van der Waals surface area contributed by atoms with Crippen LogP contribution in [0.1, 0.15) is 43.4 Å². The lowest BCUT2D eigenvalue weighted by molar-refractivity contribution is -0.136. The molecule has 2 heterocycles. The third-order valence-electron chi connectivity index (χ3n) is 6.92. The second kappa shape index (κ2) is 8.01. The SMILES string of the molecule is COc1cc(C2C3=C(OC4CCC(C)CC4C3=O)C(=O)N2Cc2ccccc2)ccc1O. The highest BCUT2D eigenvalue weighted by Crippen LogP contribution is 2.48. The zero-order valence-electron chi connectivity index (χ0n) is 18.3. The van der Waals surface area contributed by atoms with Crippen molar-refractivity contribution in [2.75, 3.05) is 7.11 Å². The van der Waals surface area contributed by atoms with E-state index in [2.05, 4.69) is 6.92 Å². The van der Waals surface area contributed by atoms with Crippen LogP contribution in [0.25, 0.3) is 0 Å². The van der Waals surface area contributed by atoms with Crippen LogP contribution in [-0.2, 0) is 20.9 Å². The summed E-state index contributed by atoms with van der Waals surface area (Å²) in [5.41, 5.74) is 2.12. The molecule has 166 valence electrons. The summed E-state index contributed by atoms with van der Waals surface area (Å²) in [6, 6.07) is 14.1. The van der Waals surface area contributed by atoms with Gasteiger partial charge in [0.15, 0.2) is 23.0 Å². The van der Waals surface area contributed by atoms with Crippen LogP contribution in [-0.4, -0.2) is 34.9 Å². The van der Waals surface area contributed by atoms with Gasteiger partial charge in [-0.15, -0.1) is 0 Å². The van der Waals surface area contributed by atoms with Crippen molar-refractivity contribution in [2.45, 2.75) is 44.9 Å². The first-order valence-corrected chi connectivity index (χ1v) is 11.1. The first-order chi connectivity index (χ1) is 15.5. The Hall–Kier alpha value is -3.28. The van der Waals surface area contributed by atoms with E-state index in [0.717, 1.165) is 24.8 Å². The standard InChI is InChI=1S/C26H27NO5/c1-15-8-11-20-18(12-15)24(29)22-23(17-9-10-19(28)21(13-17)31-2)27(26(30)25(22)32-20)14-16-6-4-3-5-7-16/h3-7,9-10,13,15,18,20,23,28H,8,11-12,14H2,1-2H3. The maximum absolute atomic E-state index is 13.7. The predicted octanol–water partition coefficient (Wildman–Crippen LogP) is 4.14. The Morgan fingerprint density at radius 3 is 2.66 bits per heavy atom. The Bertz CT molecular complexity index is 1090. The quantitative estimate of drug-likeness (QED) is 0.784. The van der Waals surface area contributed by atoms with Gasteiger partial charge in [0.1, 0.15) is 6.10 Å². The van der Waals surface area contributed by atoms with Crippen molar-refractivity contribution >= 4 is 11.7 Å². The van der Waals surface area contributed by atoms with Gasteiger partial charge in [-0.05, 0) is 48.4 Å². The predicted molar refractivity (Wildman–Crippen MR) is 118 cm³/mol. The number of hydrogen-bond acceptors (Lipinski definition) is 5. The average Bonchev–Trinajstić information content (AvgIpc) is 3.07. The third kappa shape index (κ3) is 3.34. The number of carbonyl (C=O) groups excluding carboxylic acids is 2. The summed E-state index contributed by atoms with van der Waals surface area (Å²) >= 11 is 0. The average molecular weight is 434 g/mol. The third-order valence-corrected chi connectivity index (χ3v) is 6.92. The maximum Gasteiger partial charge on any atom is 0.290 e. The molecule has 2 aromatic carbocycles. The van der Waals surface area contributed by atoms with Crippen LogP contribution in [0.3, 0.4) is 0 Å². The van der Waals surface area contributed by atoms with Crippen LogP contribution in [0.4, 0.5) is 0 Å². The molecule has 6 nitrogen and oxygen atoms in total. The van der Waals surface area contributed by atoms with Gasteiger partial charge in [-0.25, -0.2) is 0 Å². The molecule has 2 aromatic rings. The molecule has 4 atom stereocenters. The molecule has 4 unspecified atom stereocenters. The fraction of sp³-hybridized carbons (Fsp3) is 0.385. The van der Waals surface area contributed by atoms with E-state index in [4.69, 9.17) is 9.47 Å². The molecule has 2 aliphatic heterocycles. The van der Waals surface area contributed by atoms with Gasteiger partial charge in [-0.2, -0.15) is 0 Å². The minimum atomic E-state index is -0.585. The van der Waals surface area contributed by atoms with E-state index in [1.807, 2.05) is 30.3 Å². The van der Waals surface area contributed by atoms with E-state index in [1.54, 1.807) is 17.0 Å². The molecule has 1 N–H and O–H groups in total. The topological polar surface area (TPSA) is 76.1 Å². The van der Waals surface area contributed by atoms with Gasteiger partial charge in [-0.1, -0.05) is 43.3 Å². The first kappa shape index (κ1) is 20.6. The Kier molecular flexibility index (Phi) is 5.16. The highest BCUT2D eigenvalue weighted by molar-refractivity contribution is 6.11. The Balaban J connectivity index is 1.60. The number of ether oxygens (including phenoxy) is 2. The maximum atomic E-state index is 13.7. The lowest BCUT2D eigenvalue weighted by Crippen LogP contribution is -2.41. The van der Waals surface area contributed by atoms with Crippen LogP contribution in [0, 0.1) is 11.8 Å². The van der Waals surface area contributed by atoms with Gasteiger partial charge in [-0.3, -0.25) is 9.59 Å². The van der Waals surface area contributed by atoms with Crippen molar-refractivity contribution < 1.29 is 24.2 Å². The monoisotopic (exact) mass is 433 g/mol. The molecular formula is C26H27NO5. The number of amides is 1. The van der Waals surface area contributed by atoms with Gasteiger partial charge in [0.2, 0.25) is 0 Å². The van der Waals surface area contributed by atoms with Gasteiger partial charge in [0.05, 0.1) is 24.6 Å². The van der Waals surface area contributed by atoms with Crippen LogP contribution in [0.15, 0.2) is 59.9 Å². The number of phenolic OH excluding ortho intramolecular Hbond substituents is 1. The van der Waals surface area contributed by atoms with Gasteiger partial charge in [0.25, 0.3) is 5.91 Å². The number of Topliss-reactive ketones (excluding diaryl/α,β-unsaturated/α-hetero) is 1. The van der Waals surface area contributed by atoms with Crippen molar-refractivity contribution in [2.24, 2.45) is 11.8 Å². The number of ketones is 1. The van der Waals surface area contributed by atoms with Crippen molar-refractivity contribution in [1.82, 2.24) is 4.90 Å². The molecule has 0 saturated heterocycles. The van der Waals surface area contributed by atoms with Crippen molar-refractivity contribution in [3.05, 3.63) is 71.0 Å². The van der Waals surface area contributed by atoms with E-state index in [0.29, 0.717) is 29.3 Å². The molecule has 5 rings (SSSR count). The molecule has 1 aliphatic carbocycles. The molecule has 0 spiro atoms. The summed E-state index contributed by atoms with van der Waals surface area (Å²) in [6.45, 7) is 2.51. The number of rotatable bonds is 4. The van der Waals surface area contributed by atoms with Gasteiger partial charge < -0.3 is 19.5 Å². The van der Waals surface area contributed by atoms with Crippen molar-refractivity contribution in [3.63, 3.8) is 0 Å². The van der Waals surface area contributed by atoms with Crippen LogP contribution in [0.5, 0.6) is 11.5 Å². The van der Waals surface area contributed by atoms with Crippen LogP contribution >= 0.6 is 0 Å². The van der Waals surface area contributed by atoms with E-state index in [9.17, 15) is 14.7 Å². The largest absolute Gasteiger partial charge is 0.504 e. The van der Waals surface area contributed by atoms with E-state index >= 15 is 0 Å². The van der Waals surface area contributed by atoms with Crippen molar-refractivity contribution in [3.8, 4) is 11.5 Å². The fourth-order valence-corrected chi connectivity index (χ4v) is 5.28. The number of aromatic hydroxyl groups is 1. The van der Waals surface area contributed by atoms with Crippen molar-refractivity contribution in [1.29, 1.82) is 0 Å². The molecule has 0 aromatic heterocycles. The molecule has 1 amide bonds. The Morgan fingerprint density at radius 2 is 1.91 bits per heavy atom. The van der Waals surface area contributed by atoms with E-state index in [-0.39, 0.29) is 35.2 Å². The summed E-state index contributed by atoms with van der Waals surface area (Å²) in [5.74, 6) is 0.502. The normalized spacial score (nSPS) is 27.1. The van der Waals surface area contributed by atoms with Crippen LogP contribution < -0.4 is 4.74 Å². The summed E-state index contributed by atoms with van der Waals surface area (Å²) in [5, 5.41) is 10.1. The summed E-state index contributed by atoms with van der Waals surface area (Å²) in [7, 11) is 1.48. The molecule has 3 aliphatic rings. The number of hydrogen-bond donors (Lipinski definition) is 1. The van der Waals surface area contributed by atoms with E-state index in [1.165, 1.54) is 13.2 Å². The molecule has 1 fully saturated rings. The first-order valence-electron chi connectivity index (χ1n) is 11.1. The summed E-state index contributed by atoms with van der Waals surface area (Å²) in [6.07, 6.45) is 2.34. The van der Waals surface area contributed by atoms with Crippen LogP contribution in [0.2, 0.25) is 0 Å². The highest BCUT2D eigenvalue weighted by atomic mass is 16.5. The summed E-state index contributed by atoms with van der Waals surface area (Å²) < 4.78 is 11.5. The number of benzene rings is 2. The zero-order valence-corrected chi connectivity index (χ0v) is 18.3. The number of nitrogens with zero attached hydrogens (tertiary/aromatic N) is 1. The van der Waals surface area contributed by atoms with Gasteiger partial charge in [0, 0.05) is 6.54 Å². The smallest absolute Gasteiger partial charge is 0.290 e. The molecule has 6 heteroatoms. The number of phenols is 1. The number of fused-ring (bicyclic) bond motifs is 1. The lowest BCUT2D eigenvalue weighted by atomic mass is 9.74. The summed E-state index contributed by atoms with van der Waals surface area (Å²) in [4.78, 5) is 29.0. The number of carbonyl (C=O) groups is 2. The Labute approximate surface area is 187 Å². The second-order valence-electron chi connectivity index (χ2n) is 9.04. The molecule has 32 heavy (non-hydrogen) atoms. The molecular weight excluding hydrogens is 406 g/mol. The molecule has 1 saturated carbocycles. The minimum absolute atomic E-state index is 0.0109. The van der Waals surface area contributed by atoms with Gasteiger partial charge >= 0.3 is 0 Å². The zero-order chi connectivity index (χ0) is 22.4. The fourth-order valence-electron chi connectivity index (χ4n) is 5.28. The highest BCUT2D eigenvalue weighted by Gasteiger charge is 2.52. The second-order valence-corrected chi connectivity index (χ2v) is 9.04. The number of methoxy groups -OCH3 is 1. The lowest BCUT2D eigenvalue weighted by Gasteiger charge is -2.37. The molecule has 0 bridgehead atoms. The van der Waals surface area contributed by atoms with E-state index < -0.39 is 6.04 Å².